The number of unbranched alkanes of at least 4 members (excludes halogenated alkanes) is 1. The van der Waals surface area contributed by atoms with Gasteiger partial charge in [0.15, 0.2) is 0 Å². The second kappa shape index (κ2) is 8.03. The van der Waals surface area contributed by atoms with E-state index in [1.165, 1.54) is 0 Å². The van der Waals surface area contributed by atoms with Crippen molar-refractivity contribution in [2.45, 2.75) is 52.5 Å². The average Bonchev–Trinajstić information content (AvgIpc) is 2.26. The highest BCUT2D eigenvalue weighted by molar-refractivity contribution is 7.89. The SMILES string of the molecule is CCCCN(C(C)CC)S(=O)(=O)CCCN. The lowest BCUT2D eigenvalue weighted by Gasteiger charge is -2.27. The molecule has 5 heteroatoms. The maximum Gasteiger partial charge on any atom is 0.214 e. The lowest BCUT2D eigenvalue weighted by molar-refractivity contribution is 0.324. The van der Waals surface area contributed by atoms with Gasteiger partial charge < -0.3 is 5.73 Å². The van der Waals surface area contributed by atoms with Crippen molar-refractivity contribution in [3.05, 3.63) is 0 Å². The molecule has 0 aliphatic heterocycles. The smallest absolute Gasteiger partial charge is 0.214 e. The summed E-state index contributed by atoms with van der Waals surface area (Å²) in [5.41, 5.74) is 5.36. The van der Waals surface area contributed by atoms with E-state index in [1.807, 2.05) is 13.8 Å². The molecule has 0 aliphatic rings. The van der Waals surface area contributed by atoms with Gasteiger partial charge >= 0.3 is 0 Å². The molecule has 0 bridgehead atoms. The van der Waals surface area contributed by atoms with Gasteiger partial charge in [-0.3, -0.25) is 0 Å². The molecular weight excluding hydrogens is 224 g/mol. The Morgan fingerprint density at radius 2 is 1.88 bits per heavy atom. The average molecular weight is 250 g/mol. The van der Waals surface area contributed by atoms with Crippen molar-refractivity contribution in [1.29, 1.82) is 0 Å². The molecule has 1 atom stereocenters. The number of rotatable bonds is 9. The van der Waals surface area contributed by atoms with E-state index in [4.69, 9.17) is 5.73 Å². The first-order valence-electron chi connectivity index (χ1n) is 6.19. The summed E-state index contributed by atoms with van der Waals surface area (Å²) in [6.45, 7) is 7.12. The second-order valence-corrected chi connectivity index (χ2v) is 6.22. The van der Waals surface area contributed by atoms with Crippen LogP contribution >= 0.6 is 0 Å². The fourth-order valence-corrected chi connectivity index (χ4v) is 3.40. The first kappa shape index (κ1) is 15.9. The Hall–Kier alpha value is -0.130. The van der Waals surface area contributed by atoms with Crippen molar-refractivity contribution < 1.29 is 8.42 Å². The molecule has 98 valence electrons. The van der Waals surface area contributed by atoms with Crippen LogP contribution in [0, 0.1) is 0 Å². The molecule has 1 unspecified atom stereocenters. The molecule has 4 nitrogen and oxygen atoms in total. The van der Waals surface area contributed by atoms with E-state index in [0.717, 1.165) is 19.3 Å². The molecule has 0 fully saturated rings. The van der Waals surface area contributed by atoms with Gasteiger partial charge in [-0.05, 0) is 32.7 Å². The minimum atomic E-state index is -3.11. The lowest BCUT2D eigenvalue weighted by Crippen LogP contribution is -2.40. The Balaban J connectivity index is 4.59. The Kier molecular flexibility index (Phi) is 7.97. The third-order valence-corrected chi connectivity index (χ3v) is 4.84. The van der Waals surface area contributed by atoms with Gasteiger partial charge in [0, 0.05) is 12.6 Å². The topological polar surface area (TPSA) is 63.4 Å². The summed E-state index contributed by atoms with van der Waals surface area (Å²) in [4.78, 5) is 0. The fourth-order valence-electron chi connectivity index (χ4n) is 1.53. The monoisotopic (exact) mass is 250 g/mol. The Bertz CT molecular complexity index is 265. The van der Waals surface area contributed by atoms with Gasteiger partial charge in [0.05, 0.1) is 5.75 Å². The Labute approximate surface area is 100 Å². The highest BCUT2D eigenvalue weighted by atomic mass is 32.2. The van der Waals surface area contributed by atoms with E-state index < -0.39 is 10.0 Å². The summed E-state index contributed by atoms with van der Waals surface area (Å²) >= 11 is 0. The Morgan fingerprint density at radius 3 is 2.31 bits per heavy atom. The number of nitrogens with two attached hydrogens (primary N) is 1. The van der Waals surface area contributed by atoms with Crippen molar-refractivity contribution in [3.63, 3.8) is 0 Å². The van der Waals surface area contributed by atoms with Gasteiger partial charge in [0.2, 0.25) is 10.0 Å². The van der Waals surface area contributed by atoms with E-state index in [9.17, 15) is 8.42 Å². The van der Waals surface area contributed by atoms with Crippen molar-refractivity contribution in [2.24, 2.45) is 5.73 Å². The highest BCUT2D eigenvalue weighted by Gasteiger charge is 2.24. The molecular formula is C11H26N2O2S. The number of hydrogen-bond acceptors (Lipinski definition) is 3. The van der Waals surface area contributed by atoms with E-state index >= 15 is 0 Å². The lowest BCUT2D eigenvalue weighted by atomic mass is 10.2. The van der Waals surface area contributed by atoms with E-state index in [1.54, 1.807) is 4.31 Å². The molecule has 0 aromatic carbocycles. The van der Waals surface area contributed by atoms with Crippen LogP contribution in [0.25, 0.3) is 0 Å². The van der Waals surface area contributed by atoms with Crippen LogP contribution in [0.5, 0.6) is 0 Å². The molecule has 0 spiro atoms. The summed E-state index contributed by atoms with van der Waals surface area (Å²) < 4.78 is 25.8. The molecule has 2 N–H and O–H groups in total. The minimum Gasteiger partial charge on any atom is -0.330 e. The van der Waals surface area contributed by atoms with Crippen LogP contribution in [0.3, 0.4) is 0 Å². The zero-order chi connectivity index (χ0) is 12.6. The standard InChI is InChI=1S/C11H26N2O2S/c1-4-6-9-13(11(3)5-2)16(14,15)10-7-8-12/h11H,4-10,12H2,1-3H3. The van der Waals surface area contributed by atoms with Crippen LogP contribution in [-0.4, -0.2) is 37.6 Å². The second-order valence-electron chi connectivity index (χ2n) is 4.18. The maximum atomic E-state index is 12.1. The van der Waals surface area contributed by atoms with Crippen LogP contribution in [0.2, 0.25) is 0 Å². The van der Waals surface area contributed by atoms with Crippen molar-refractivity contribution in [2.75, 3.05) is 18.8 Å². The third kappa shape index (κ3) is 5.27. The van der Waals surface area contributed by atoms with Crippen LogP contribution in [0.15, 0.2) is 0 Å². The number of sulfonamides is 1. The molecule has 0 rings (SSSR count). The summed E-state index contributed by atoms with van der Waals surface area (Å²) in [6, 6.07) is 0.0920. The molecule has 0 amide bonds. The van der Waals surface area contributed by atoms with Gasteiger partial charge in [-0.1, -0.05) is 20.3 Å². The predicted octanol–water partition coefficient (Wildman–Crippen LogP) is 1.57. The van der Waals surface area contributed by atoms with Crippen molar-refractivity contribution in [1.82, 2.24) is 4.31 Å². The molecule has 0 saturated carbocycles. The Morgan fingerprint density at radius 1 is 1.25 bits per heavy atom. The minimum absolute atomic E-state index is 0.0920. The van der Waals surface area contributed by atoms with Crippen LogP contribution in [0.4, 0.5) is 0 Å². The molecule has 16 heavy (non-hydrogen) atoms. The van der Waals surface area contributed by atoms with Crippen molar-refractivity contribution >= 4 is 10.0 Å². The van der Waals surface area contributed by atoms with E-state index in [0.29, 0.717) is 19.5 Å². The van der Waals surface area contributed by atoms with Gasteiger partial charge in [0.25, 0.3) is 0 Å². The quantitative estimate of drug-likeness (QED) is 0.675. The molecule has 0 saturated heterocycles. The molecule has 0 heterocycles. The normalized spacial score (nSPS) is 14.3. The van der Waals surface area contributed by atoms with Crippen LogP contribution < -0.4 is 5.73 Å². The van der Waals surface area contributed by atoms with Crippen molar-refractivity contribution in [3.8, 4) is 0 Å². The summed E-state index contributed by atoms with van der Waals surface area (Å²) in [6.07, 6.45) is 3.33. The van der Waals surface area contributed by atoms with Crippen LogP contribution in [0.1, 0.15) is 46.5 Å². The first-order chi connectivity index (χ1) is 7.49. The van der Waals surface area contributed by atoms with Gasteiger partial charge in [-0.15, -0.1) is 0 Å². The highest BCUT2D eigenvalue weighted by Crippen LogP contribution is 2.13. The largest absolute Gasteiger partial charge is 0.330 e. The zero-order valence-electron chi connectivity index (χ0n) is 10.8. The molecule has 0 aromatic heterocycles. The van der Waals surface area contributed by atoms with Gasteiger partial charge in [-0.2, -0.15) is 4.31 Å². The number of nitrogens with zero attached hydrogens (tertiary/aromatic N) is 1. The van der Waals surface area contributed by atoms with E-state index in [2.05, 4.69) is 6.92 Å². The van der Waals surface area contributed by atoms with Gasteiger partial charge in [0.1, 0.15) is 0 Å². The summed E-state index contributed by atoms with van der Waals surface area (Å²) in [5, 5.41) is 0. The summed E-state index contributed by atoms with van der Waals surface area (Å²) in [7, 11) is -3.11. The van der Waals surface area contributed by atoms with E-state index in [-0.39, 0.29) is 11.8 Å². The fraction of sp³-hybridized carbons (Fsp3) is 1.00. The third-order valence-electron chi connectivity index (χ3n) is 2.78. The van der Waals surface area contributed by atoms with Crippen LogP contribution in [-0.2, 0) is 10.0 Å². The maximum absolute atomic E-state index is 12.1. The summed E-state index contributed by atoms with van der Waals surface area (Å²) in [5.74, 6) is 0.178. The zero-order valence-corrected chi connectivity index (χ0v) is 11.6. The molecule has 0 radical (unpaired) electrons. The van der Waals surface area contributed by atoms with Gasteiger partial charge in [-0.25, -0.2) is 8.42 Å². The molecule has 0 aliphatic carbocycles. The predicted molar refractivity (Wildman–Crippen MR) is 68.8 cm³/mol. The first-order valence-corrected chi connectivity index (χ1v) is 7.80. The molecule has 0 aromatic rings. The number of hydrogen-bond donors (Lipinski definition) is 1.